The number of aromatic nitrogens is 1. The summed E-state index contributed by atoms with van der Waals surface area (Å²) in [4.78, 5) is 25.4. The predicted octanol–water partition coefficient (Wildman–Crippen LogP) is 4.09. The summed E-state index contributed by atoms with van der Waals surface area (Å²) in [6, 6.07) is -0.372. The highest BCUT2D eigenvalue weighted by Gasteiger charge is 2.49. The molecule has 0 unspecified atom stereocenters. The Morgan fingerprint density at radius 1 is 1.12 bits per heavy atom. The van der Waals surface area contributed by atoms with Crippen LogP contribution in [0.5, 0.6) is 5.88 Å². The number of primary amides is 1. The third-order valence-corrected chi connectivity index (χ3v) is 9.37. The van der Waals surface area contributed by atoms with Gasteiger partial charge in [0.15, 0.2) is 0 Å². The summed E-state index contributed by atoms with van der Waals surface area (Å²) in [5, 5.41) is 10.6. The molecule has 33 heavy (non-hydrogen) atoms. The van der Waals surface area contributed by atoms with Crippen LogP contribution in [0.4, 0.5) is 4.79 Å². The van der Waals surface area contributed by atoms with Gasteiger partial charge in [-0.25, -0.2) is 4.79 Å². The molecule has 0 saturated heterocycles. The standard InChI is InChI=1S/C24H36N4O4S/c1-24(2,27-23(25)30)12-31-22-20(33-17-5-3-4-6-17)19(32-28-22)21(29)26-18-15-8-13-7-14(10-15)11-16(18)9-13/h13-18H,3-12H2,1-2H3,(H,26,29)(H3,25,27,30). The van der Waals surface area contributed by atoms with E-state index in [1.54, 1.807) is 11.8 Å². The molecule has 182 valence electrons. The van der Waals surface area contributed by atoms with Crippen molar-refractivity contribution in [3.8, 4) is 5.88 Å². The van der Waals surface area contributed by atoms with Gasteiger partial charge in [-0.05, 0) is 87.6 Å². The largest absolute Gasteiger partial charge is 0.472 e. The minimum absolute atomic E-state index is 0.164. The molecular weight excluding hydrogens is 440 g/mol. The summed E-state index contributed by atoms with van der Waals surface area (Å²) in [7, 11) is 0. The molecular formula is C24H36N4O4S. The van der Waals surface area contributed by atoms with Gasteiger partial charge in [-0.2, -0.15) is 0 Å². The van der Waals surface area contributed by atoms with E-state index in [9.17, 15) is 9.59 Å². The number of urea groups is 1. The van der Waals surface area contributed by atoms with Crippen LogP contribution in [0, 0.1) is 23.7 Å². The number of carbonyl (C=O) groups excluding carboxylic acids is 2. The minimum Gasteiger partial charge on any atom is -0.472 e. The highest BCUT2D eigenvalue weighted by molar-refractivity contribution is 8.00. The summed E-state index contributed by atoms with van der Waals surface area (Å²) in [5.41, 5.74) is 4.59. The lowest BCUT2D eigenvalue weighted by molar-refractivity contribution is -0.0124. The maximum Gasteiger partial charge on any atom is 0.312 e. The molecule has 1 aromatic rings. The molecule has 0 radical (unpaired) electrons. The molecule has 0 aliphatic heterocycles. The van der Waals surface area contributed by atoms with Gasteiger partial charge in [-0.1, -0.05) is 12.8 Å². The molecule has 4 N–H and O–H groups in total. The summed E-state index contributed by atoms with van der Waals surface area (Å²) in [6.07, 6.45) is 11.0. The fraction of sp³-hybridized carbons (Fsp3) is 0.792. The number of carbonyl (C=O) groups is 2. The van der Waals surface area contributed by atoms with Gasteiger partial charge in [0.05, 0.1) is 5.54 Å². The fourth-order valence-electron chi connectivity index (χ4n) is 6.78. The van der Waals surface area contributed by atoms with Crippen molar-refractivity contribution in [1.29, 1.82) is 0 Å². The molecule has 8 nitrogen and oxygen atoms in total. The van der Waals surface area contributed by atoms with Crippen LogP contribution in [0.1, 0.15) is 82.2 Å². The van der Waals surface area contributed by atoms with E-state index in [2.05, 4.69) is 15.8 Å². The molecule has 0 atom stereocenters. The molecule has 5 aliphatic carbocycles. The second-order valence-corrected chi connectivity index (χ2v) is 12.6. The van der Waals surface area contributed by atoms with Crippen LogP contribution in [-0.2, 0) is 0 Å². The lowest BCUT2D eigenvalue weighted by Gasteiger charge is -2.54. The second-order valence-electron chi connectivity index (χ2n) is 11.3. The van der Waals surface area contributed by atoms with E-state index in [0.717, 1.165) is 24.7 Å². The number of amides is 3. The van der Waals surface area contributed by atoms with Crippen LogP contribution in [-0.4, -0.2) is 40.5 Å². The Labute approximate surface area is 199 Å². The first-order valence-corrected chi connectivity index (χ1v) is 13.3. The van der Waals surface area contributed by atoms with E-state index >= 15 is 0 Å². The lowest BCUT2D eigenvalue weighted by atomic mass is 9.54. The van der Waals surface area contributed by atoms with Crippen molar-refractivity contribution in [3.05, 3.63) is 5.76 Å². The zero-order chi connectivity index (χ0) is 23.2. The third-order valence-electron chi connectivity index (χ3n) is 7.97. The Bertz CT molecular complexity index is 867. The SMILES string of the molecule is CC(C)(COc1noc(C(=O)NC2C3CC4CC(C3)CC2C4)c1SC1CCCC1)NC(N)=O. The van der Waals surface area contributed by atoms with Crippen LogP contribution in [0.25, 0.3) is 0 Å². The summed E-state index contributed by atoms with van der Waals surface area (Å²) < 4.78 is 11.5. The van der Waals surface area contributed by atoms with Gasteiger partial charge in [-0.15, -0.1) is 11.8 Å². The molecule has 9 heteroatoms. The van der Waals surface area contributed by atoms with Crippen molar-refractivity contribution in [2.45, 2.75) is 93.4 Å². The monoisotopic (exact) mass is 476 g/mol. The zero-order valence-corrected chi connectivity index (χ0v) is 20.4. The molecule has 4 bridgehead atoms. The van der Waals surface area contributed by atoms with Crippen molar-refractivity contribution in [1.82, 2.24) is 15.8 Å². The Morgan fingerprint density at radius 3 is 2.36 bits per heavy atom. The van der Waals surface area contributed by atoms with E-state index in [1.165, 1.54) is 44.9 Å². The van der Waals surface area contributed by atoms with Crippen molar-refractivity contribution in [2.24, 2.45) is 29.4 Å². The molecule has 0 aromatic carbocycles. The van der Waals surface area contributed by atoms with Gasteiger partial charge in [0.2, 0.25) is 5.76 Å². The van der Waals surface area contributed by atoms with E-state index in [1.807, 2.05) is 13.8 Å². The Morgan fingerprint density at radius 2 is 1.76 bits per heavy atom. The molecule has 5 saturated carbocycles. The summed E-state index contributed by atoms with van der Waals surface area (Å²) >= 11 is 1.64. The number of ether oxygens (including phenoxy) is 1. The summed E-state index contributed by atoms with van der Waals surface area (Å²) in [5.74, 6) is 3.31. The highest BCUT2D eigenvalue weighted by Crippen LogP contribution is 2.54. The normalized spacial score (nSPS) is 31.0. The van der Waals surface area contributed by atoms with Crippen molar-refractivity contribution in [2.75, 3.05) is 6.61 Å². The lowest BCUT2D eigenvalue weighted by Crippen LogP contribution is -2.55. The second kappa shape index (κ2) is 9.04. The van der Waals surface area contributed by atoms with E-state index in [0.29, 0.717) is 27.9 Å². The maximum atomic E-state index is 13.4. The fourth-order valence-corrected chi connectivity index (χ4v) is 8.11. The van der Waals surface area contributed by atoms with Crippen LogP contribution >= 0.6 is 11.8 Å². The van der Waals surface area contributed by atoms with Crippen molar-refractivity contribution >= 4 is 23.7 Å². The van der Waals surface area contributed by atoms with Crippen LogP contribution in [0.2, 0.25) is 0 Å². The molecule has 6 rings (SSSR count). The molecule has 5 fully saturated rings. The Balaban J connectivity index is 1.31. The molecule has 5 aliphatic rings. The predicted molar refractivity (Wildman–Crippen MR) is 125 cm³/mol. The van der Waals surface area contributed by atoms with Crippen molar-refractivity contribution in [3.63, 3.8) is 0 Å². The number of rotatable bonds is 8. The topological polar surface area (TPSA) is 119 Å². The van der Waals surface area contributed by atoms with Gasteiger partial charge in [0, 0.05) is 11.3 Å². The molecule has 0 spiro atoms. The smallest absolute Gasteiger partial charge is 0.312 e. The first-order chi connectivity index (χ1) is 15.8. The Hall–Kier alpha value is -1.90. The van der Waals surface area contributed by atoms with Gasteiger partial charge in [0.25, 0.3) is 11.8 Å². The summed E-state index contributed by atoms with van der Waals surface area (Å²) in [6.45, 7) is 3.81. The van der Waals surface area contributed by atoms with Crippen molar-refractivity contribution < 1.29 is 18.8 Å². The first-order valence-electron chi connectivity index (χ1n) is 12.4. The minimum atomic E-state index is -0.678. The van der Waals surface area contributed by atoms with Gasteiger partial charge in [0.1, 0.15) is 11.5 Å². The average molecular weight is 477 g/mol. The number of nitrogens with zero attached hydrogens (tertiary/aromatic N) is 1. The number of nitrogens with two attached hydrogens (primary N) is 1. The molecule has 1 heterocycles. The van der Waals surface area contributed by atoms with Gasteiger partial charge < -0.3 is 25.6 Å². The number of nitrogens with one attached hydrogen (secondary N) is 2. The Kier molecular flexibility index (Phi) is 6.27. The third kappa shape index (κ3) is 4.98. The first kappa shape index (κ1) is 22.9. The van der Waals surface area contributed by atoms with E-state index in [-0.39, 0.29) is 24.3 Å². The zero-order valence-electron chi connectivity index (χ0n) is 19.6. The molecule has 3 amide bonds. The van der Waals surface area contributed by atoms with Crippen LogP contribution in [0.3, 0.4) is 0 Å². The average Bonchev–Trinajstić information content (AvgIpc) is 3.38. The number of thioether (sulfide) groups is 1. The van der Waals surface area contributed by atoms with Crippen LogP contribution in [0.15, 0.2) is 9.42 Å². The van der Waals surface area contributed by atoms with E-state index < -0.39 is 11.6 Å². The molecule has 1 aromatic heterocycles. The number of hydrogen-bond donors (Lipinski definition) is 3. The highest BCUT2D eigenvalue weighted by atomic mass is 32.2. The van der Waals surface area contributed by atoms with Gasteiger partial charge in [-0.3, -0.25) is 4.79 Å². The van der Waals surface area contributed by atoms with E-state index in [4.69, 9.17) is 15.0 Å². The van der Waals surface area contributed by atoms with Gasteiger partial charge >= 0.3 is 6.03 Å². The quantitative estimate of drug-likeness (QED) is 0.520. The maximum absolute atomic E-state index is 13.4. The van der Waals surface area contributed by atoms with Crippen LogP contribution < -0.4 is 21.1 Å². The number of hydrogen-bond acceptors (Lipinski definition) is 6.